The molecule has 5 nitrogen and oxygen atoms in total. The molecule has 0 radical (unpaired) electrons. The molecular weight excluding hydrogens is 266 g/mol. The van der Waals surface area contributed by atoms with Gasteiger partial charge in [-0.15, -0.1) is 0 Å². The topological polar surface area (TPSA) is 43.9 Å². The normalized spacial score (nSPS) is 19.9. The van der Waals surface area contributed by atoms with Crippen molar-refractivity contribution in [1.29, 1.82) is 0 Å². The van der Waals surface area contributed by atoms with Gasteiger partial charge in [-0.2, -0.15) is 0 Å². The zero-order valence-corrected chi connectivity index (χ0v) is 13.3. The number of para-hydroxylation sites is 2. The molecule has 2 atom stereocenters. The Labute approximate surface area is 126 Å². The predicted octanol–water partition coefficient (Wildman–Crippen LogP) is 1.44. The van der Waals surface area contributed by atoms with Crippen molar-refractivity contribution in [2.75, 3.05) is 45.0 Å². The molecular formula is C16H23N3O2. The molecule has 0 unspecified atom stereocenters. The van der Waals surface area contributed by atoms with E-state index in [0.29, 0.717) is 6.42 Å². The molecule has 1 aromatic carbocycles. The van der Waals surface area contributed by atoms with Gasteiger partial charge < -0.3 is 14.7 Å². The average molecular weight is 289 g/mol. The van der Waals surface area contributed by atoms with Crippen molar-refractivity contribution in [3.05, 3.63) is 24.3 Å². The summed E-state index contributed by atoms with van der Waals surface area (Å²) in [6.45, 7) is 0. The molecule has 21 heavy (non-hydrogen) atoms. The minimum atomic E-state index is -0.180. The highest BCUT2D eigenvalue weighted by Gasteiger charge is 2.49. The van der Waals surface area contributed by atoms with Crippen molar-refractivity contribution >= 4 is 23.2 Å². The van der Waals surface area contributed by atoms with Gasteiger partial charge in [0.15, 0.2) is 0 Å². The van der Waals surface area contributed by atoms with Crippen molar-refractivity contribution in [2.24, 2.45) is 11.8 Å². The maximum absolute atomic E-state index is 12.6. The van der Waals surface area contributed by atoms with E-state index in [2.05, 4.69) is 0 Å². The lowest BCUT2D eigenvalue weighted by Crippen LogP contribution is -2.32. The second kappa shape index (κ2) is 5.76. The van der Waals surface area contributed by atoms with E-state index in [9.17, 15) is 9.59 Å². The minimum Gasteiger partial charge on any atom is -0.376 e. The Morgan fingerprint density at radius 1 is 0.905 bits per heavy atom. The van der Waals surface area contributed by atoms with Gasteiger partial charge in [0.2, 0.25) is 11.8 Å². The van der Waals surface area contributed by atoms with Crippen LogP contribution < -0.4 is 9.80 Å². The molecule has 0 saturated heterocycles. The number of nitrogens with zero attached hydrogens (tertiary/aromatic N) is 3. The second-order valence-electron chi connectivity index (χ2n) is 5.96. The minimum absolute atomic E-state index is 0.0181. The Hall–Kier alpha value is -2.04. The molecule has 0 heterocycles. The van der Waals surface area contributed by atoms with Crippen LogP contribution in [0.15, 0.2) is 24.3 Å². The van der Waals surface area contributed by atoms with E-state index in [0.717, 1.165) is 11.4 Å². The summed E-state index contributed by atoms with van der Waals surface area (Å²) in [7, 11) is 9.14. The van der Waals surface area contributed by atoms with E-state index in [4.69, 9.17) is 0 Å². The van der Waals surface area contributed by atoms with Gasteiger partial charge in [0, 0.05) is 35.2 Å². The lowest BCUT2D eigenvalue weighted by Gasteiger charge is -2.24. The quantitative estimate of drug-likeness (QED) is 0.842. The van der Waals surface area contributed by atoms with E-state index in [1.807, 2.05) is 43.3 Å². The van der Waals surface area contributed by atoms with Crippen LogP contribution in [-0.2, 0) is 9.59 Å². The number of hydrogen-bond acceptors (Lipinski definition) is 3. The molecule has 1 fully saturated rings. The Morgan fingerprint density at radius 2 is 1.43 bits per heavy atom. The molecule has 1 aromatic rings. The molecule has 1 aliphatic carbocycles. The van der Waals surface area contributed by atoms with Gasteiger partial charge in [0.1, 0.15) is 0 Å². The van der Waals surface area contributed by atoms with Gasteiger partial charge in [-0.25, -0.2) is 0 Å². The SMILES string of the molecule is CN(C)C(=O)[C@@H]1C[C@@H]1C(=O)N(C)c1ccccc1N(C)C. The first-order valence-electron chi connectivity index (χ1n) is 7.09. The number of rotatable bonds is 4. The molecule has 0 bridgehead atoms. The van der Waals surface area contributed by atoms with E-state index >= 15 is 0 Å². The highest BCUT2D eigenvalue weighted by atomic mass is 16.2. The number of anilines is 2. The molecule has 1 aliphatic rings. The molecule has 0 spiro atoms. The van der Waals surface area contributed by atoms with Crippen molar-refractivity contribution in [3.8, 4) is 0 Å². The molecule has 0 aliphatic heterocycles. The fourth-order valence-corrected chi connectivity index (χ4v) is 2.57. The molecule has 114 valence electrons. The van der Waals surface area contributed by atoms with Crippen molar-refractivity contribution < 1.29 is 9.59 Å². The Bertz CT molecular complexity index is 554. The van der Waals surface area contributed by atoms with Crippen LogP contribution in [0.5, 0.6) is 0 Å². The van der Waals surface area contributed by atoms with Gasteiger partial charge in [-0.05, 0) is 18.6 Å². The highest BCUT2D eigenvalue weighted by molar-refractivity contribution is 6.02. The Balaban J connectivity index is 2.13. The monoisotopic (exact) mass is 289 g/mol. The maximum Gasteiger partial charge on any atom is 0.230 e. The van der Waals surface area contributed by atoms with Crippen molar-refractivity contribution in [2.45, 2.75) is 6.42 Å². The third kappa shape index (κ3) is 3.01. The molecule has 2 amide bonds. The molecule has 0 aromatic heterocycles. The number of carbonyl (C=O) groups is 2. The average Bonchev–Trinajstić information content (AvgIpc) is 3.25. The number of amides is 2. The van der Waals surface area contributed by atoms with Crippen LogP contribution in [0.3, 0.4) is 0 Å². The van der Waals surface area contributed by atoms with Crippen LogP contribution in [-0.4, -0.2) is 52.0 Å². The van der Waals surface area contributed by atoms with Gasteiger partial charge in [0.05, 0.1) is 23.2 Å². The number of benzene rings is 1. The van der Waals surface area contributed by atoms with Crippen molar-refractivity contribution in [1.82, 2.24) is 4.90 Å². The van der Waals surface area contributed by atoms with Crippen LogP contribution >= 0.6 is 0 Å². The fourth-order valence-electron chi connectivity index (χ4n) is 2.57. The zero-order chi connectivity index (χ0) is 15.7. The largest absolute Gasteiger partial charge is 0.376 e. The highest BCUT2D eigenvalue weighted by Crippen LogP contribution is 2.42. The number of hydrogen-bond donors (Lipinski definition) is 0. The predicted molar refractivity (Wildman–Crippen MR) is 84.5 cm³/mol. The molecule has 0 N–H and O–H groups in total. The standard InChI is InChI=1S/C16H23N3O2/c1-17(2)13-8-6-7-9-14(13)19(5)16(21)12-10-11(12)15(20)18(3)4/h6-9,11-12H,10H2,1-5H3/t11-,12+/m1/s1. The first-order valence-corrected chi connectivity index (χ1v) is 7.09. The summed E-state index contributed by atoms with van der Waals surface area (Å²) in [5.74, 6) is -0.270. The first kappa shape index (κ1) is 15.4. The first-order chi connectivity index (χ1) is 9.84. The fraction of sp³-hybridized carbons (Fsp3) is 0.500. The van der Waals surface area contributed by atoms with Crippen molar-refractivity contribution in [3.63, 3.8) is 0 Å². The Morgan fingerprint density at radius 3 is 1.95 bits per heavy atom. The summed E-state index contributed by atoms with van der Waals surface area (Å²) < 4.78 is 0. The van der Waals surface area contributed by atoms with Gasteiger partial charge in [-0.3, -0.25) is 9.59 Å². The number of carbonyl (C=O) groups excluding carboxylic acids is 2. The van der Waals surface area contributed by atoms with Crippen LogP contribution in [0.4, 0.5) is 11.4 Å². The van der Waals surface area contributed by atoms with Crippen LogP contribution in [0.2, 0.25) is 0 Å². The summed E-state index contributed by atoms with van der Waals surface area (Å²) >= 11 is 0. The van der Waals surface area contributed by atoms with Crippen LogP contribution in [0, 0.1) is 11.8 Å². The molecule has 2 rings (SSSR count). The van der Waals surface area contributed by atoms with E-state index < -0.39 is 0 Å². The zero-order valence-electron chi connectivity index (χ0n) is 13.3. The second-order valence-corrected chi connectivity index (χ2v) is 5.96. The van der Waals surface area contributed by atoms with Crippen LogP contribution in [0.1, 0.15) is 6.42 Å². The smallest absolute Gasteiger partial charge is 0.230 e. The Kier molecular flexibility index (Phi) is 4.21. The van der Waals surface area contributed by atoms with E-state index in [1.165, 1.54) is 0 Å². The molecule has 5 heteroatoms. The van der Waals surface area contributed by atoms with Gasteiger partial charge >= 0.3 is 0 Å². The van der Waals surface area contributed by atoms with E-state index in [-0.39, 0.29) is 23.7 Å². The summed E-state index contributed by atoms with van der Waals surface area (Å²) in [6, 6.07) is 7.78. The van der Waals surface area contributed by atoms with Crippen LogP contribution in [0.25, 0.3) is 0 Å². The lowest BCUT2D eigenvalue weighted by molar-refractivity contribution is -0.132. The third-order valence-electron chi connectivity index (χ3n) is 3.92. The summed E-state index contributed by atoms with van der Waals surface area (Å²) in [4.78, 5) is 29.7. The van der Waals surface area contributed by atoms with Gasteiger partial charge in [-0.1, -0.05) is 12.1 Å². The maximum atomic E-state index is 12.6. The lowest BCUT2D eigenvalue weighted by atomic mass is 10.2. The van der Waals surface area contributed by atoms with E-state index in [1.54, 1.807) is 30.9 Å². The third-order valence-corrected chi connectivity index (χ3v) is 3.92. The molecule has 1 saturated carbocycles. The summed E-state index contributed by atoms with van der Waals surface area (Å²) in [6.07, 6.45) is 0.657. The van der Waals surface area contributed by atoms with Gasteiger partial charge in [0.25, 0.3) is 0 Å². The summed E-state index contributed by atoms with van der Waals surface area (Å²) in [5, 5.41) is 0. The summed E-state index contributed by atoms with van der Waals surface area (Å²) in [5.41, 5.74) is 1.86.